The number of hydrogen-bond acceptors (Lipinski definition) is 2. The Bertz CT molecular complexity index is 690. The lowest BCUT2D eigenvalue weighted by molar-refractivity contribution is 0.584. The van der Waals surface area contributed by atoms with E-state index in [2.05, 4.69) is 21.2 Å². The topological polar surface area (TPSA) is 12.0 Å². The van der Waals surface area contributed by atoms with Gasteiger partial charge in [-0.3, -0.25) is 0 Å². The molecule has 5 heteroatoms. The molecule has 0 aliphatic carbocycles. The Morgan fingerprint density at radius 3 is 2.86 bits per heavy atom. The summed E-state index contributed by atoms with van der Waals surface area (Å²) < 4.78 is 28.0. The van der Waals surface area contributed by atoms with E-state index in [1.807, 2.05) is 13.0 Å². The molecule has 1 unspecified atom stereocenters. The van der Waals surface area contributed by atoms with Gasteiger partial charge in [0.05, 0.1) is 10.5 Å². The lowest BCUT2D eigenvalue weighted by Crippen LogP contribution is -2.17. The number of aryl methyl sites for hydroxylation is 1. The summed E-state index contributed by atoms with van der Waals surface area (Å²) in [5.41, 5.74) is 2.66. The highest BCUT2D eigenvalue weighted by molar-refractivity contribution is 9.10. The standard InChI is InChI=1S/C16H14BrF2NS/c1-9-7-11(17)13(19)8-15(9)20-14-5-6-21-16-10(14)3-2-4-12(16)18/h2-4,7-8,14,20H,5-6H2,1H3. The molecule has 0 saturated carbocycles. The average molecular weight is 370 g/mol. The number of rotatable bonds is 2. The van der Waals surface area contributed by atoms with Crippen molar-refractivity contribution in [3.8, 4) is 0 Å². The Morgan fingerprint density at radius 2 is 2.05 bits per heavy atom. The maximum atomic E-state index is 13.9. The van der Waals surface area contributed by atoms with Crippen molar-refractivity contribution in [1.29, 1.82) is 0 Å². The Balaban J connectivity index is 1.94. The molecule has 0 amide bonds. The number of hydrogen-bond donors (Lipinski definition) is 1. The zero-order valence-corrected chi connectivity index (χ0v) is 13.8. The number of thioether (sulfide) groups is 1. The van der Waals surface area contributed by atoms with E-state index < -0.39 is 0 Å². The van der Waals surface area contributed by atoms with E-state index >= 15 is 0 Å². The summed E-state index contributed by atoms with van der Waals surface area (Å²) in [6, 6.07) is 8.40. The molecule has 0 spiro atoms. The van der Waals surface area contributed by atoms with Crippen molar-refractivity contribution in [3.05, 3.63) is 57.6 Å². The third-order valence-corrected chi connectivity index (χ3v) is 5.39. The third kappa shape index (κ3) is 2.94. The quantitative estimate of drug-likeness (QED) is 0.730. The van der Waals surface area contributed by atoms with Crippen LogP contribution in [0.5, 0.6) is 0 Å². The molecule has 0 bridgehead atoms. The zero-order valence-electron chi connectivity index (χ0n) is 11.4. The van der Waals surface area contributed by atoms with E-state index in [-0.39, 0.29) is 17.7 Å². The molecule has 0 saturated heterocycles. The summed E-state index contributed by atoms with van der Waals surface area (Å²) in [7, 11) is 0. The van der Waals surface area contributed by atoms with Crippen LogP contribution in [0.2, 0.25) is 0 Å². The molecule has 1 atom stereocenters. The SMILES string of the molecule is Cc1cc(Br)c(F)cc1NC1CCSc2c(F)cccc21. The van der Waals surface area contributed by atoms with Gasteiger partial charge in [-0.05, 0) is 58.6 Å². The van der Waals surface area contributed by atoms with Gasteiger partial charge in [-0.2, -0.15) is 0 Å². The van der Waals surface area contributed by atoms with Crippen LogP contribution in [0.15, 0.2) is 39.7 Å². The molecule has 1 N–H and O–H groups in total. The highest BCUT2D eigenvalue weighted by Crippen LogP contribution is 2.40. The molecule has 110 valence electrons. The van der Waals surface area contributed by atoms with E-state index in [9.17, 15) is 8.78 Å². The monoisotopic (exact) mass is 369 g/mol. The Morgan fingerprint density at radius 1 is 1.24 bits per heavy atom. The van der Waals surface area contributed by atoms with Crippen LogP contribution in [0.3, 0.4) is 0 Å². The Kier molecular flexibility index (Phi) is 4.22. The first-order chi connectivity index (χ1) is 10.1. The third-order valence-electron chi connectivity index (χ3n) is 3.62. The summed E-state index contributed by atoms with van der Waals surface area (Å²) in [5.74, 6) is 0.374. The van der Waals surface area contributed by atoms with Gasteiger partial charge in [0, 0.05) is 16.3 Å². The number of nitrogens with one attached hydrogen (secondary N) is 1. The van der Waals surface area contributed by atoms with Gasteiger partial charge in [-0.15, -0.1) is 11.8 Å². The van der Waals surface area contributed by atoms with Crippen molar-refractivity contribution in [2.75, 3.05) is 11.1 Å². The van der Waals surface area contributed by atoms with Gasteiger partial charge in [0.25, 0.3) is 0 Å². The van der Waals surface area contributed by atoms with Gasteiger partial charge in [0.2, 0.25) is 0 Å². The van der Waals surface area contributed by atoms with Crippen molar-refractivity contribution in [2.24, 2.45) is 0 Å². The number of halogens is 3. The fourth-order valence-corrected chi connectivity index (χ4v) is 4.12. The zero-order chi connectivity index (χ0) is 15.0. The Hall–Kier alpha value is -1.07. The summed E-state index contributed by atoms with van der Waals surface area (Å²) in [6.07, 6.45) is 0.887. The van der Waals surface area contributed by atoms with Gasteiger partial charge in [-0.1, -0.05) is 12.1 Å². The van der Waals surface area contributed by atoms with Crippen LogP contribution in [0, 0.1) is 18.6 Å². The first-order valence-corrected chi connectivity index (χ1v) is 8.47. The minimum atomic E-state index is -0.298. The highest BCUT2D eigenvalue weighted by Gasteiger charge is 2.23. The van der Waals surface area contributed by atoms with Crippen molar-refractivity contribution in [1.82, 2.24) is 0 Å². The highest BCUT2D eigenvalue weighted by atomic mass is 79.9. The molecule has 0 radical (unpaired) electrons. The van der Waals surface area contributed by atoms with Gasteiger partial charge in [-0.25, -0.2) is 8.78 Å². The molecule has 0 aromatic heterocycles. The molecule has 1 heterocycles. The summed E-state index contributed by atoms with van der Waals surface area (Å²) in [6.45, 7) is 1.93. The van der Waals surface area contributed by atoms with Crippen LogP contribution in [0.4, 0.5) is 14.5 Å². The predicted molar refractivity (Wildman–Crippen MR) is 86.9 cm³/mol. The van der Waals surface area contributed by atoms with Crippen molar-refractivity contribution >= 4 is 33.4 Å². The Labute approximate surface area is 135 Å². The van der Waals surface area contributed by atoms with Gasteiger partial charge < -0.3 is 5.32 Å². The summed E-state index contributed by atoms with van der Waals surface area (Å²) >= 11 is 4.73. The summed E-state index contributed by atoms with van der Waals surface area (Å²) in [5, 5.41) is 3.36. The fourth-order valence-electron chi connectivity index (χ4n) is 2.53. The van der Waals surface area contributed by atoms with Gasteiger partial charge in [0.1, 0.15) is 11.6 Å². The maximum Gasteiger partial charge on any atom is 0.139 e. The molecule has 1 nitrogen and oxygen atoms in total. The molecular formula is C16H14BrF2NS. The second kappa shape index (κ2) is 5.97. The molecular weight excluding hydrogens is 356 g/mol. The van der Waals surface area contributed by atoms with Crippen LogP contribution in [-0.2, 0) is 0 Å². The van der Waals surface area contributed by atoms with Crippen LogP contribution >= 0.6 is 27.7 Å². The van der Waals surface area contributed by atoms with E-state index in [4.69, 9.17) is 0 Å². The fraction of sp³-hybridized carbons (Fsp3) is 0.250. The lowest BCUT2D eigenvalue weighted by atomic mass is 10.0. The van der Waals surface area contributed by atoms with E-state index in [1.165, 1.54) is 12.1 Å². The van der Waals surface area contributed by atoms with Crippen LogP contribution in [0.25, 0.3) is 0 Å². The van der Waals surface area contributed by atoms with Crippen molar-refractivity contribution in [3.63, 3.8) is 0 Å². The van der Waals surface area contributed by atoms with E-state index in [0.717, 1.165) is 29.0 Å². The molecule has 2 aromatic rings. The van der Waals surface area contributed by atoms with Gasteiger partial charge >= 0.3 is 0 Å². The van der Waals surface area contributed by atoms with Crippen LogP contribution in [0.1, 0.15) is 23.6 Å². The first-order valence-electron chi connectivity index (χ1n) is 6.69. The van der Waals surface area contributed by atoms with E-state index in [1.54, 1.807) is 23.9 Å². The first kappa shape index (κ1) is 14.9. The smallest absolute Gasteiger partial charge is 0.139 e. The maximum absolute atomic E-state index is 13.9. The minimum Gasteiger partial charge on any atom is -0.378 e. The van der Waals surface area contributed by atoms with Crippen LogP contribution < -0.4 is 5.32 Å². The molecule has 1 aliphatic heterocycles. The molecule has 0 fully saturated rings. The van der Waals surface area contributed by atoms with Crippen molar-refractivity contribution in [2.45, 2.75) is 24.3 Å². The number of anilines is 1. The minimum absolute atomic E-state index is 0.0104. The molecule has 21 heavy (non-hydrogen) atoms. The normalized spacial score (nSPS) is 17.4. The number of fused-ring (bicyclic) bond motifs is 1. The molecule has 3 rings (SSSR count). The largest absolute Gasteiger partial charge is 0.378 e. The second-order valence-corrected chi connectivity index (χ2v) is 7.03. The lowest BCUT2D eigenvalue weighted by Gasteiger charge is -2.27. The predicted octanol–water partition coefficient (Wildman–Crippen LogP) is 5.68. The molecule has 1 aliphatic rings. The average Bonchev–Trinajstić information content (AvgIpc) is 2.46. The van der Waals surface area contributed by atoms with Gasteiger partial charge in [0.15, 0.2) is 0 Å². The number of benzene rings is 2. The second-order valence-electron chi connectivity index (χ2n) is 5.07. The van der Waals surface area contributed by atoms with E-state index in [0.29, 0.717) is 9.37 Å². The molecule has 2 aromatic carbocycles. The summed E-state index contributed by atoms with van der Waals surface area (Å²) in [4.78, 5) is 0.705. The van der Waals surface area contributed by atoms with Crippen molar-refractivity contribution < 1.29 is 8.78 Å². The van der Waals surface area contributed by atoms with Crippen LogP contribution in [-0.4, -0.2) is 5.75 Å².